The van der Waals surface area contributed by atoms with Crippen LogP contribution in [0.25, 0.3) is 0 Å². The van der Waals surface area contributed by atoms with Crippen molar-refractivity contribution in [1.29, 1.82) is 0 Å². The molecule has 0 aliphatic heterocycles. The molecular formula is C9H10F2S. The average Bonchev–Trinajstić information content (AvgIpc) is 1.96. The molecule has 0 radical (unpaired) electrons. The Bertz CT molecular complexity index is 271. The molecule has 0 fully saturated rings. The summed E-state index contributed by atoms with van der Waals surface area (Å²) < 4.78 is 23.8. The van der Waals surface area contributed by atoms with Crippen LogP contribution >= 0.6 is 11.8 Å². The van der Waals surface area contributed by atoms with E-state index in [1.165, 1.54) is 0 Å². The van der Waals surface area contributed by atoms with E-state index in [0.29, 0.717) is 16.7 Å². The topological polar surface area (TPSA) is 0 Å². The molecule has 12 heavy (non-hydrogen) atoms. The Morgan fingerprint density at radius 2 is 1.83 bits per heavy atom. The van der Waals surface area contributed by atoms with E-state index in [0.717, 1.165) is 11.1 Å². The van der Waals surface area contributed by atoms with Gasteiger partial charge in [-0.3, -0.25) is 0 Å². The van der Waals surface area contributed by atoms with Gasteiger partial charge in [0.25, 0.3) is 5.76 Å². The van der Waals surface area contributed by atoms with Crippen molar-refractivity contribution in [3.05, 3.63) is 29.3 Å². The van der Waals surface area contributed by atoms with E-state index in [-0.39, 0.29) is 0 Å². The minimum absolute atomic E-state index is 0.588. The Kier molecular flexibility index (Phi) is 3.09. The molecule has 0 saturated heterocycles. The fraction of sp³-hybridized carbons (Fsp3) is 0.333. The molecule has 0 heterocycles. The maximum absolute atomic E-state index is 11.9. The van der Waals surface area contributed by atoms with Gasteiger partial charge in [-0.25, -0.2) is 0 Å². The van der Waals surface area contributed by atoms with Gasteiger partial charge in [-0.2, -0.15) is 8.78 Å². The van der Waals surface area contributed by atoms with Gasteiger partial charge in [0.2, 0.25) is 0 Å². The maximum Gasteiger partial charge on any atom is 0.288 e. The first-order valence-corrected chi connectivity index (χ1v) is 4.49. The molecule has 0 aliphatic carbocycles. The molecule has 0 atom stereocenters. The molecule has 1 aromatic rings. The summed E-state index contributed by atoms with van der Waals surface area (Å²) in [6.45, 7) is 3.89. The molecule has 66 valence electrons. The lowest BCUT2D eigenvalue weighted by Crippen LogP contribution is -1.84. The number of hydrogen-bond acceptors (Lipinski definition) is 1. The van der Waals surface area contributed by atoms with Gasteiger partial charge in [0.15, 0.2) is 0 Å². The number of halogens is 2. The van der Waals surface area contributed by atoms with Gasteiger partial charge >= 0.3 is 0 Å². The van der Waals surface area contributed by atoms with E-state index in [1.54, 1.807) is 12.1 Å². The Morgan fingerprint density at radius 3 is 2.33 bits per heavy atom. The lowest BCUT2D eigenvalue weighted by Gasteiger charge is -2.03. The van der Waals surface area contributed by atoms with Gasteiger partial charge in [-0.15, -0.1) is 0 Å². The highest BCUT2D eigenvalue weighted by Gasteiger charge is 2.05. The quantitative estimate of drug-likeness (QED) is 0.639. The molecule has 0 N–H and O–H groups in total. The number of alkyl halides is 2. The van der Waals surface area contributed by atoms with Crippen LogP contribution in [-0.4, -0.2) is 5.76 Å². The normalized spacial score (nSPS) is 10.8. The first-order valence-electron chi connectivity index (χ1n) is 3.61. The van der Waals surface area contributed by atoms with Crippen LogP contribution in [0, 0.1) is 13.8 Å². The van der Waals surface area contributed by atoms with Crippen LogP contribution in [0.3, 0.4) is 0 Å². The highest BCUT2D eigenvalue weighted by molar-refractivity contribution is 7.99. The predicted molar refractivity (Wildman–Crippen MR) is 47.8 cm³/mol. The summed E-state index contributed by atoms with van der Waals surface area (Å²) in [6.07, 6.45) is 0. The summed E-state index contributed by atoms with van der Waals surface area (Å²) in [5, 5.41) is 0. The van der Waals surface area contributed by atoms with Crippen molar-refractivity contribution in [1.82, 2.24) is 0 Å². The van der Waals surface area contributed by atoms with Crippen molar-refractivity contribution in [2.24, 2.45) is 0 Å². The monoisotopic (exact) mass is 188 g/mol. The predicted octanol–water partition coefficient (Wildman–Crippen LogP) is 3.62. The molecule has 0 amide bonds. The van der Waals surface area contributed by atoms with Crippen molar-refractivity contribution in [2.75, 3.05) is 0 Å². The van der Waals surface area contributed by atoms with Crippen LogP contribution in [0.4, 0.5) is 8.78 Å². The Balaban J connectivity index is 2.82. The summed E-state index contributed by atoms with van der Waals surface area (Å²) in [5.41, 5.74) is 2.19. The second-order valence-corrected chi connectivity index (χ2v) is 3.69. The zero-order valence-corrected chi connectivity index (χ0v) is 7.79. The van der Waals surface area contributed by atoms with Crippen molar-refractivity contribution in [2.45, 2.75) is 24.5 Å². The summed E-state index contributed by atoms with van der Waals surface area (Å²) in [7, 11) is 0. The Hall–Kier alpha value is -0.570. The number of hydrogen-bond donors (Lipinski definition) is 0. The molecular weight excluding hydrogens is 178 g/mol. The molecule has 0 spiro atoms. The number of benzene rings is 1. The van der Waals surface area contributed by atoms with E-state index >= 15 is 0 Å². The van der Waals surface area contributed by atoms with Gasteiger partial charge in [0.05, 0.1) is 0 Å². The van der Waals surface area contributed by atoms with Crippen LogP contribution in [0.2, 0.25) is 0 Å². The minimum atomic E-state index is -2.33. The van der Waals surface area contributed by atoms with Crippen LogP contribution in [0.15, 0.2) is 23.1 Å². The third kappa shape index (κ3) is 2.48. The van der Waals surface area contributed by atoms with E-state index in [1.807, 2.05) is 19.9 Å². The van der Waals surface area contributed by atoms with Gasteiger partial charge in [-0.1, -0.05) is 17.8 Å². The molecule has 1 aromatic carbocycles. The number of thioether (sulfide) groups is 1. The summed E-state index contributed by atoms with van der Waals surface area (Å²) >= 11 is 0.588. The summed E-state index contributed by atoms with van der Waals surface area (Å²) in [5.74, 6) is -2.33. The number of aryl methyl sites for hydroxylation is 2. The highest BCUT2D eigenvalue weighted by Crippen LogP contribution is 2.26. The lowest BCUT2D eigenvalue weighted by molar-refractivity contribution is 0.252. The van der Waals surface area contributed by atoms with Crippen molar-refractivity contribution in [3.8, 4) is 0 Å². The summed E-state index contributed by atoms with van der Waals surface area (Å²) in [6, 6.07) is 5.37. The minimum Gasteiger partial charge on any atom is -0.198 e. The summed E-state index contributed by atoms with van der Waals surface area (Å²) in [4.78, 5) is 0.633. The maximum atomic E-state index is 11.9. The Labute approximate surface area is 75.0 Å². The second-order valence-electron chi connectivity index (χ2n) is 2.62. The fourth-order valence-electron chi connectivity index (χ4n) is 0.890. The Morgan fingerprint density at radius 1 is 1.17 bits per heavy atom. The first-order chi connectivity index (χ1) is 5.59. The van der Waals surface area contributed by atoms with Crippen LogP contribution in [0.1, 0.15) is 11.1 Å². The molecule has 0 unspecified atom stereocenters. The van der Waals surface area contributed by atoms with Crippen LogP contribution in [0.5, 0.6) is 0 Å². The number of rotatable bonds is 2. The average molecular weight is 188 g/mol. The zero-order valence-electron chi connectivity index (χ0n) is 6.97. The van der Waals surface area contributed by atoms with Gasteiger partial charge in [0, 0.05) is 4.90 Å². The lowest BCUT2D eigenvalue weighted by atomic mass is 10.1. The SMILES string of the molecule is Cc1ccc(SC(F)F)cc1C. The smallest absolute Gasteiger partial charge is 0.198 e. The molecule has 1 rings (SSSR count). The van der Waals surface area contributed by atoms with Crippen LogP contribution < -0.4 is 0 Å². The van der Waals surface area contributed by atoms with E-state index in [4.69, 9.17) is 0 Å². The largest absolute Gasteiger partial charge is 0.288 e. The first kappa shape index (κ1) is 9.52. The standard InChI is InChI=1S/C9H10F2S/c1-6-3-4-8(5-7(6)2)12-9(10)11/h3-5,9H,1-2H3. The molecule has 0 aromatic heterocycles. The third-order valence-corrected chi connectivity index (χ3v) is 2.41. The molecule has 0 saturated carbocycles. The van der Waals surface area contributed by atoms with Crippen molar-refractivity contribution in [3.63, 3.8) is 0 Å². The zero-order chi connectivity index (χ0) is 9.14. The van der Waals surface area contributed by atoms with Gasteiger partial charge < -0.3 is 0 Å². The van der Waals surface area contributed by atoms with Crippen molar-refractivity contribution >= 4 is 11.8 Å². The highest BCUT2D eigenvalue weighted by atomic mass is 32.2. The van der Waals surface area contributed by atoms with E-state index < -0.39 is 5.76 Å². The van der Waals surface area contributed by atoms with E-state index in [2.05, 4.69) is 0 Å². The van der Waals surface area contributed by atoms with Crippen LogP contribution in [-0.2, 0) is 0 Å². The molecule has 0 bridgehead atoms. The third-order valence-electron chi connectivity index (χ3n) is 1.70. The second kappa shape index (κ2) is 3.90. The van der Waals surface area contributed by atoms with Gasteiger partial charge in [-0.05, 0) is 37.1 Å². The fourth-order valence-corrected chi connectivity index (χ4v) is 1.49. The van der Waals surface area contributed by atoms with E-state index in [9.17, 15) is 8.78 Å². The van der Waals surface area contributed by atoms with Gasteiger partial charge in [0.1, 0.15) is 0 Å². The van der Waals surface area contributed by atoms with Crippen molar-refractivity contribution < 1.29 is 8.78 Å². The molecule has 3 heteroatoms. The molecule has 0 aliphatic rings. The molecule has 0 nitrogen and oxygen atoms in total.